The second-order valence-electron chi connectivity index (χ2n) is 9.93. The molecule has 7 rings (SSSR count). The first-order valence-corrected chi connectivity index (χ1v) is 15.1. The Morgan fingerprint density at radius 3 is 2.02 bits per heavy atom. The Balaban J connectivity index is 1.44. The molecule has 0 saturated heterocycles. The van der Waals surface area contributed by atoms with E-state index < -0.39 is 0 Å². The van der Waals surface area contributed by atoms with Gasteiger partial charge in [0.05, 0.1) is 51.5 Å². The summed E-state index contributed by atoms with van der Waals surface area (Å²) in [5, 5.41) is 18.1. The van der Waals surface area contributed by atoms with Crippen molar-refractivity contribution in [3.05, 3.63) is 90.3 Å². The predicted molar refractivity (Wildman–Crippen MR) is 172 cm³/mol. The maximum atomic E-state index is 12.0. The molecule has 214 valence electrons. The number of benzene rings is 4. The molecule has 0 saturated carbocycles. The van der Waals surface area contributed by atoms with Crippen molar-refractivity contribution >= 4 is 43.1 Å². The van der Waals surface area contributed by atoms with Crippen LogP contribution in [0.25, 0.3) is 47.3 Å². The third kappa shape index (κ3) is 4.74. The lowest BCUT2D eigenvalue weighted by atomic mass is 10.1. The fraction of sp³-hybridized carbons (Fsp3) is 0.121. The standard InChI is InChI=1S/C33H26N4O4S2/c1-18-15-19(2)37(36-18)30-25(40-4)17-26(31(38)29(30)33-35-23-10-6-8-12-28(23)43-33)41-24-14-13-20(39-3)16-21(24)32-34-22-9-5-7-11-27(22)42-32/h5-17,38H,1-4H3. The zero-order valence-electron chi connectivity index (χ0n) is 23.8. The highest BCUT2D eigenvalue weighted by Crippen LogP contribution is 2.51. The van der Waals surface area contributed by atoms with Gasteiger partial charge in [0, 0.05) is 11.8 Å². The average molecular weight is 607 g/mol. The van der Waals surface area contributed by atoms with E-state index in [1.54, 1.807) is 36.3 Å². The van der Waals surface area contributed by atoms with Gasteiger partial charge < -0.3 is 19.3 Å². The molecule has 10 heteroatoms. The molecule has 0 fully saturated rings. The molecule has 8 nitrogen and oxygen atoms in total. The molecule has 4 aromatic carbocycles. The predicted octanol–water partition coefficient (Wildman–Crippen LogP) is 8.56. The summed E-state index contributed by atoms with van der Waals surface area (Å²) in [4.78, 5) is 9.73. The summed E-state index contributed by atoms with van der Waals surface area (Å²) in [5.74, 6) is 1.78. The van der Waals surface area contributed by atoms with Crippen LogP contribution in [0.3, 0.4) is 0 Å². The Morgan fingerprint density at radius 2 is 1.40 bits per heavy atom. The van der Waals surface area contributed by atoms with Crippen molar-refractivity contribution < 1.29 is 19.3 Å². The van der Waals surface area contributed by atoms with Crippen molar-refractivity contribution in [2.75, 3.05) is 14.2 Å². The highest BCUT2D eigenvalue weighted by atomic mass is 32.1. The number of aryl methyl sites for hydroxylation is 2. The lowest BCUT2D eigenvalue weighted by Crippen LogP contribution is -2.05. The second kappa shape index (κ2) is 10.7. The molecule has 0 atom stereocenters. The Bertz CT molecular complexity index is 2080. The van der Waals surface area contributed by atoms with Crippen molar-refractivity contribution in [2.24, 2.45) is 0 Å². The van der Waals surface area contributed by atoms with Gasteiger partial charge in [0.2, 0.25) is 0 Å². The van der Waals surface area contributed by atoms with Gasteiger partial charge in [0.15, 0.2) is 11.5 Å². The molecule has 0 spiro atoms. The van der Waals surface area contributed by atoms with Gasteiger partial charge >= 0.3 is 0 Å². The van der Waals surface area contributed by atoms with Crippen LogP contribution in [0.1, 0.15) is 11.4 Å². The number of phenolic OH excluding ortho intramolecular Hbond substituents is 1. The Labute approximate surface area is 255 Å². The molecule has 0 aliphatic carbocycles. The van der Waals surface area contributed by atoms with Crippen LogP contribution in [-0.4, -0.2) is 39.1 Å². The Morgan fingerprint density at radius 1 is 0.721 bits per heavy atom. The summed E-state index contributed by atoms with van der Waals surface area (Å²) in [5.41, 5.74) is 5.25. The van der Waals surface area contributed by atoms with Gasteiger partial charge in [-0.3, -0.25) is 0 Å². The number of methoxy groups -OCH3 is 2. The topological polar surface area (TPSA) is 91.5 Å². The number of aromatic hydroxyl groups is 1. The van der Waals surface area contributed by atoms with Crippen LogP contribution >= 0.6 is 22.7 Å². The van der Waals surface area contributed by atoms with E-state index in [0.29, 0.717) is 33.5 Å². The summed E-state index contributed by atoms with van der Waals surface area (Å²) in [6, 6.07) is 25.0. The second-order valence-corrected chi connectivity index (χ2v) is 12.0. The van der Waals surface area contributed by atoms with Crippen LogP contribution in [0.15, 0.2) is 78.9 Å². The summed E-state index contributed by atoms with van der Waals surface area (Å²) in [7, 11) is 3.21. The molecule has 0 bridgehead atoms. The van der Waals surface area contributed by atoms with Crippen molar-refractivity contribution in [3.63, 3.8) is 0 Å². The van der Waals surface area contributed by atoms with Crippen LogP contribution in [0.5, 0.6) is 28.7 Å². The van der Waals surface area contributed by atoms with Crippen LogP contribution in [0.4, 0.5) is 0 Å². The minimum Gasteiger partial charge on any atom is -0.504 e. The fourth-order valence-corrected chi connectivity index (χ4v) is 7.09. The number of ether oxygens (including phenoxy) is 3. The normalized spacial score (nSPS) is 11.3. The van der Waals surface area contributed by atoms with E-state index in [4.69, 9.17) is 29.3 Å². The maximum absolute atomic E-state index is 12.0. The Kier molecular flexibility index (Phi) is 6.72. The molecule has 0 aliphatic heterocycles. The fourth-order valence-electron chi connectivity index (χ4n) is 5.09. The largest absolute Gasteiger partial charge is 0.504 e. The molecule has 3 heterocycles. The van der Waals surface area contributed by atoms with Gasteiger partial charge in [0.1, 0.15) is 33.0 Å². The number of aromatic nitrogens is 4. The van der Waals surface area contributed by atoms with E-state index in [1.165, 1.54) is 11.3 Å². The van der Waals surface area contributed by atoms with Gasteiger partial charge in [0.25, 0.3) is 0 Å². The quantitative estimate of drug-likeness (QED) is 0.194. The van der Waals surface area contributed by atoms with Gasteiger partial charge in [-0.1, -0.05) is 24.3 Å². The molecular formula is C33H26N4O4S2. The van der Waals surface area contributed by atoms with Crippen molar-refractivity contribution in [1.29, 1.82) is 0 Å². The lowest BCUT2D eigenvalue weighted by Gasteiger charge is -2.19. The highest BCUT2D eigenvalue weighted by Gasteiger charge is 2.27. The number of thiazole rings is 2. The first-order valence-electron chi connectivity index (χ1n) is 13.5. The summed E-state index contributed by atoms with van der Waals surface area (Å²) in [6.45, 7) is 3.89. The monoisotopic (exact) mass is 606 g/mol. The van der Waals surface area contributed by atoms with Gasteiger partial charge in [-0.25, -0.2) is 14.6 Å². The lowest BCUT2D eigenvalue weighted by molar-refractivity contribution is 0.389. The van der Waals surface area contributed by atoms with E-state index in [2.05, 4.69) is 0 Å². The summed E-state index contributed by atoms with van der Waals surface area (Å²) < 4.78 is 21.8. The van der Waals surface area contributed by atoms with Crippen LogP contribution in [-0.2, 0) is 0 Å². The van der Waals surface area contributed by atoms with Gasteiger partial charge in [-0.05, 0) is 62.4 Å². The molecule has 7 aromatic rings. The maximum Gasteiger partial charge on any atom is 0.173 e. The average Bonchev–Trinajstić information content (AvgIpc) is 3.73. The molecule has 3 aromatic heterocycles. The summed E-state index contributed by atoms with van der Waals surface area (Å²) >= 11 is 3.04. The first-order chi connectivity index (χ1) is 20.9. The number of hydrogen-bond donors (Lipinski definition) is 1. The first kappa shape index (κ1) is 26.9. The third-order valence-electron chi connectivity index (χ3n) is 7.08. The third-order valence-corrected chi connectivity index (χ3v) is 9.21. The SMILES string of the molecule is COc1ccc(Oc2cc(OC)c(-n3nc(C)cc3C)c(-c3nc4ccccc4s3)c2O)c(-c2nc3ccccc3s2)c1. The van der Waals surface area contributed by atoms with E-state index in [0.717, 1.165) is 42.4 Å². The number of rotatable bonds is 7. The van der Waals surface area contributed by atoms with E-state index >= 15 is 0 Å². The van der Waals surface area contributed by atoms with E-state index in [9.17, 15) is 5.11 Å². The van der Waals surface area contributed by atoms with Crippen molar-refractivity contribution in [1.82, 2.24) is 19.7 Å². The zero-order chi connectivity index (χ0) is 29.7. The molecule has 0 radical (unpaired) electrons. The van der Waals surface area contributed by atoms with E-state index in [1.807, 2.05) is 86.6 Å². The van der Waals surface area contributed by atoms with Gasteiger partial charge in [-0.15, -0.1) is 22.7 Å². The molecular weight excluding hydrogens is 581 g/mol. The van der Waals surface area contributed by atoms with Crippen molar-refractivity contribution in [2.45, 2.75) is 13.8 Å². The minimum atomic E-state index is -0.0755. The highest BCUT2D eigenvalue weighted by molar-refractivity contribution is 7.22. The smallest absolute Gasteiger partial charge is 0.173 e. The molecule has 43 heavy (non-hydrogen) atoms. The van der Waals surface area contributed by atoms with E-state index in [-0.39, 0.29) is 11.5 Å². The number of para-hydroxylation sites is 2. The minimum absolute atomic E-state index is 0.0755. The summed E-state index contributed by atoms with van der Waals surface area (Å²) in [6.07, 6.45) is 0. The zero-order valence-corrected chi connectivity index (χ0v) is 25.4. The van der Waals surface area contributed by atoms with Crippen LogP contribution in [0.2, 0.25) is 0 Å². The molecule has 1 N–H and O–H groups in total. The van der Waals surface area contributed by atoms with Gasteiger partial charge in [-0.2, -0.15) is 5.10 Å². The van der Waals surface area contributed by atoms with Crippen LogP contribution in [0, 0.1) is 13.8 Å². The number of hydrogen-bond acceptors (Lipinski definition) is 9. The van der Waals surface area contributed by atoms with Crippen LogP contribution < -0.4 is 14.2 Å². The molecule has 0 unspecified atom stereocenters. The molecule has 0 amide bonds. The number of phenols is 1. The molecule has 0 aliphatic rings. The number of nitrogens with zero attached hydrogens (tertiary/aromatic N) is 4. The van der Waals surface area contributed by atoms with Crippen molar-refractivity contribution in [3.8, 4) is 55.6 Å². The Hall–Kier alpha value is -4.93. The number of fused-ring (bicyclic) bond motifs is 2.